The normalized spacial score (nSPS) is 11.1. The quantitative estimate of drug-likeness (QED) is 0.472. The zero-order valence-corrected chi connectivity index (χ0v) is 14.4. The number of primary amides is 1. The van der Waals surface area contributed by atoms with Crippen molar-refractivity contribution < 1.29 is 14.6 Å². The summed E-state index contributed by atoms with van der Waals surface area (Å²) in [5.41, 5.74) is 4.34. The molecular weight excluding hydrogens is 296 g/mol. The van der Waals surface area contributed by atoms with Crippen molar-refractivity contribution in [3.8, 4) is 0 Å². The first-order valence-corrected chi connectivity index (χ1v) is 7.78. The minimum atomic E-state index is -0.639. The molecule has 0 saturated carbocycles. The Morgan fingerprint density at radius 3 is 2.05 bits per heavy atom. The predicted octanol–water partition coefficient (Wildman–Crippen LogP) is 2.57. The maximum atomic E-state index is 9.13. The predicted molar refractivity (Wildman–Crippen MR) is 90.2 cm³/mol. The molecule has 0 aliphatic heterocycles. The van der Waals surface area contributed by atoms with Crippen LogP contribution in [0.3, 0.4) is 0 Å². The molecule has 0 saturated heterocycles. The second-order valence-electron chi connectivity index (χ2n) is 4.46. The van der Waals surface area contributed by atoms with Crippen molar-refractivity contribution in [2.45, 2.75) is 52.6 Å². The largest absolute Gasteiger partial charge is 0.468 e. The Labute approximate surface area is 133 Å². The molecule has 3 N–H and O–H groups in total. The average molecular weight is 325 g/mol. The Morgan fingerprint density at radius 1 is 1.35 bits per heavy atom. The van der Waals surface area contributed by atoms with Gasteiger partial charge in [-0.1, -0.05) is 39.3 Å². The number of hydrogen-bond donors (Lipinski definition) is 3. The summed E-state index contributed by atoms with van der Waals surface area (Å²) in [5, 5.41) is 9.02. The zero-order valence-electron chi connectivity index (χ0n) is 12.7. The molecule has 1 amide bonds. The lowest BCUT2D eigenvalue weighted by Gasteiger charge is -2.25. The number of unbranched alkanes of at least 4 members (excludes halogenated alkanes) is 2. The summed E-state index contributed by atoms with van der Waals surface area (Å²) < 4.78 is 5.37. The van der Waals surface area contributed by atoms with E-state index in [9.17, 15) is 0 Å². The number of ether oxygens (including phenoxy) is 1. The van der Waals surface area contributed by atoms with Gasteiger partial charge in [0.05, 0.1) is 6.10 Å². The fraction of sp³-hybridized carbons (Fsp3) is 0.846. The SMILES string of the molecule is CCCCN(CCCC)C(=S)OCC(C)O.NC(=O)S. The van der Waals surface area contributed by atoms with E-state index in [1.165, 1.54) is 0 Å². The minimum Gasteiger partial charge on any atom is -0.468 e. The van der Waals surface area contributed by atoms with E-state index in [1.54, 1.807) is 6.92 Å². The van der Waals surface area contributed by atoms with Crippen LogP contribution in [0.1, 0.15) is 46.5 Å². The van der Waals surface area contributed by atoms with Crippen LogP contribution in [0, 0.1) is 0 Å². The first-order chi connectivity index (χ1) is 9.34. The number of amides is 1. The van der Waals surface area contributed by atoms with Crippen molar-refractivity contribution in [2.75, 3.05) is 19.7 Å². The lowest BCUT2D eigenvalue weighted by molar-refractivity contribution is 0.105. The first kappa shape index (κ1) is 21.8. The minimum absolute atomic E-state index is 0.285. The highest BCUT2D eigenvalue weighted by atomic mass is 32.1. The van der Waals surface area contributed by atoms with Gasteiger partial charge in [0.2, 0.25) is 0 Å². The van der Waals surface area contributed by atoms with Crippen LogP contribution in [0.5, 0.6) is 0 Å². The highest BCUT2D eigenvalue weighted by Crippen LogP contribution is 2.03. The molecule has 0 aromatic heterocycles. The van der Waals surface area contributed by atoms with E-state index >= 15 is 0 Å². The Morgan fingerprint density at radius 2 is 1.75 bits per heavy atom. The van der Waals surface area contributed by atoms with Gasteiger partial charge in [-0.05, 0) is 32.0 Å². The molecule has 0 heterocycles. The van der Waals surface area contributed by atoms with Crippen LogP contribution in [0.2, 0.25) is 0 Å². The molecule has 0 bridgehead atoms. The van der Waals surface area contributed by atoms with E-state index in [4.69, 9.17) is 26.9 Å². The Hall–Kier alpha value is -0.530. The highest BCUT2D eigenvalue weighted by molar-refractivity contribution is 7.96. The van der Waals surface area contributed by atoms with Gasteiger partial charge < -0.3 is 20.5 Å². The van der Waals surface area contributed by atoms with Crippen LogP contribution < -0.4 is 5.73 Å². The number of rotatable bonds is 8. The van der Waals surface area contributed by atoms with Crippen molar-refractivity contribution in [3.05, 3.63) is 0 Å². The third kappa shape index (κ3) is 17.5. The third-order valence-electron chi connectivity index (χ3n) is 2.27. The molecule has 0 spiro atoms. The summed E-state index contributed by atoms with van der Waals surface area (Å²) in [5.74, 6) is 0. The standard InChI is InChI=1S/C12H25NO2S.CH3NOS/c1-4-6-8-13(9-7-5-2)12(16)15-10-11(3)14;2-1(3)4/h11,14H,4-10H2,1-3H3;(H3,2,3,4). The molecule has 0 fully saturated rings. The first-order valence-electron chi connectivity index (χ1n) is 6.93. The molecule has 20 heavy (non-hydrogen) atoms. The van der Waals surface area contributed by atoms with Gasteiger partial charge in [0.1, 0.15) is 6.61 Å². The van der Waals surface area contributed by atoms with Gasteiger partial charge in [-0.3, -0.25) is 4.79 Å². The molecule has 0 rings (SSSR count). The van der Waals surface area contributed by atoms with Gasteiger partial charge in [0.15, 0.2) is 0 Å². The van der Waals surface area contributed by atoms with Crippen LogP contribution in [0.15, 0.2) is 0 Å². The summed E-state index contributed by atoms with van der Waals surface area (Å²) >= 11 is 8.32. The lowest BCUT2D eigenvalue weighted by Crippen LogP contribution is -2.34. The van der Waals surface area contributed by atoms with Gasteiger partial charge in [0.25, 0.3) is 10.4 Å². The summed E-state index contributed by atoms with van der Waals surface area (Å²) in [4.78, 5) is 11.2. The van der Waals surface area contributed by atoms with Crippen molar-refractivity contribution >= 4 is 35.3 Å². The molecule has 0 aromatic carbocycles. The molecule has 120 valence electrons. The fourth-order valence-corrected chi connectivity index (χ4v) is 1.53. The highest BCUT2D eigenvalue weighted by Gasteiger charge is 2.10. The van der Waals surface area contributed by atoms with E-state index < -0.39 is 11.3 Å². The molecule has 0 aromatic rings. The number of nitrogens with zero attached hydrogens (tertiary/aromatic N) is 1. The van der Waals surface area contributed by atoms with Gasteiger partial charge in [-0.2, -0.15) is 0 Å². The Kier molecular flexibility index (Phi) is 16.2. The van der Waals surface area contributed by atoms with E-state index in [0.29, 0.717) is 5.17 Å². The number of carbonyl (C=O) groups excluding carboxylic acids is 1. The molecule has 0 aliphatic rings. The topological polar surface area (TPSA) is 75.8 Å². The molecule has 0 aliphatic carbocycles. The Bertz CT molecular complexity index is 252. The van der Waals surface area contributed by atoms with Crippen LogP contribution in [0.4, 0.5) is 4.79 Å². The number of aliphatic hydroxyl groups is 1. The average Bonchev–Trinajstić information content (AvgIpc) is 2.35. The lowest BCUT2D eigenvalue weighted by atomic mass is 10.3. The fourth-order valence-electron chi connectivity index (χ4n) is 1.28. The molecule has 1 unspecified atom stereocenters. The molecule has 5 nitrogen and oxygen atoms in total. The Balaban J connectivity index is 0. The van der Waals surface area contributed by atoms with Crippen LogP contribution in [0.25, 0.3) is 0 Å². The summed E-state index contributed by atoms with van der Waals surface area (Å²) in [7, 11) is 0. The molecule has 7 heteroatoms. The van der Waals surface area contributed by atoms with Gasteiger partial charge in [-0.15, -0.1) is 0 Å². The second-order valence-corrected chi connectivity index (χ2v) is 5.25. The zero-order chi connectivity index (χ0) is 16.0. The number of thiocarbonyl (C=S) groups is 1. The summed E-state index contributed by atoms with van der Waals surface area (Å²) in [6.45, 7) is 8.22. The van der Waals surface area contributed by atoms with Crippen LogP contribution in [-0.4, -0.2) is 46.2 Å². The maximum absolute atomic E-state index is 9.13. The van der Waals surface area contributed by atoms with E-state index in [1.807, 2.05) is 0 Å². The van der Waals surface area contributed by atoms with Gasteiger partial charge in [0, 0.05) is 13.1 Å². The van der Waals surface area contributed by atoms with E-state index in [-0.39, 0.29) is 6.61 Å². The number of thiol groups is 1. The number of nitrogens with two attached hydrogens (primary N) is 1. The third-order valence-corrected chi connectivity index (χ3v) is 2.65. The van der Waals surface area contributed by atoms with E-state index in [0.717, 1.165) is 38.8 Å². The van der Waals surface area contributed by atoms with Crippen molar-refractivity contribution in [2.24, 2.45) is 5.73 Å². The second kappa shape index (κ2) is 14.9. The van der Waals surface area contributed by atoms with Crippen LogP contribution in [-0.2, 0) is 4.74 Å². The number of aliphatic hydroxyl groups excluding tert-OH is 1. The van der Waals surface area contributed by atoms with Gasteiger partial charge >= 0.3 is 0 Å². The van der Waals surface area contributed by atoms with Crippen molar-refractivity contribution in [1.82, 2.24) is 4.90 Å². The molecule has 0 radical (unpaired) electrons. The number of carbonyl (C=O) groups is 1. The van der Waals surface area contributed by atoms with Crippen LogP contribution >= 0.6 is 24.8 Å². The summed E-state index contributed by atoms with van der Waals surface area (Å²) in [6.07, 6.45) is 4.10. The molecular formula is C13H28N2O3S2. The van der Waals surface area contributed by atoms with Crippen molar-refractivity contribution in [1.29, 1.82) is 0 Å². The summed E-state index contributed by atoms with van der Waals surface area (Å²) in [6, 6.07) is 0. The smallest absolute Gasteiger partial charge is 0.273 e. The van der Waals surface area contributed by atoms with Gasteiger partial charge in [-0.25, -0.2) is 0 Å². The maximum Gasteiger partial charge on any atom is 0.273 e. The molecule has 1 atom stereocenters. The van der Waals surface area contributed by atoms with Crippen molar-refractivity contribution in [3.63, 3.8) is 0 Å². The number of hydrogen-bond acceptors (Lipinski definition) is 4. The monoisotopic (exact) mass is 324 g/mol. The van der Waals surface area contributed by atoms with E-state index in [2.05, 4.69) is 37.1 Å².